The van der Waals surface area contributed by atoms with E-state index >= 15 is 0 Å². The summed E-state index contributed by atoms with van der Waals surface area (Å²) in [7, 11) is 0. The van der Waals surface area contributed by atoms with Crippen molar-refractivity contribution >= 4 is 5.82 Å². The van der Waals surface area contributed by atoms with Gasteiger partial charge < -0.3 is 5.73 Å². The minimum Gasteiger partial charge on any atom is -0.384 e. The third-order valence-electron chi connectivity index (χ3n) is 2.60. The SMILES string of the molecule is CCc1nc(CC)n(Cc2ccc(N)nc2)n1. The van der Waals surface area contributed by atoms with E-state index in [0.717, 1.165) is 30.1 Å². The predicted octanol–water partition coefficient (Wildman–Crippen LogP) is 1.43. The number of nitrogen functional groups attached to an aromatic ring is 1. The van der Waals surface area contributed by atoms with Gasteiger partial charge >= 0.3 is 0 Å². The molecule has 0 aliphatic carbocycles. The average molecular weight is 231 g/mol. The van der Waals surface area contributed by atoms with Crippen molar-refractivity contribution in [1.82, 2.24) is 19.7 Å². The molecule has 0 aromatic carbocycles. The van der Waals surface area contributed by atoms with Gasteiger partial charge in [0.2, 0.25) is 0 Å². The van der Waals surface area contributed by atoms with E-state index in [-0.39, 0.29) is 0 Å². The standard InChI is InChI=1S/C12H17N5/c1-3-11-15-12(4-2)17(16-11)8-9-5-6-10(13)14-7-9/h5-7H,3-4,8H2,1-2H3,(H2,13,14). The molecule has 0 radical (unpaired) electrons. The van der Waals surface area contributed by atoms with Crippen LogP contribution in [0.2, 0.25) is 0 Å². The first-order valence-corrected chi connectivity index (χ1v) is 5.86. The molecule has 2 aromatic rings. The number of nitrogens with zero attached hydrogens (tertiary/aromatic N) is 4. The number of pyridine rings is 1. The summed E-state index contributed by atoms with van der Waals surface area (Å²) in [4.78, 5) is 8.54. The van der Waals surface area contributed by atoms with Gasteiger partial charge in [-0.1, -0.05) is 19.9 Å². The van der Waals surface area contributed by atoms with E-state index in [0.29, 0.717) is 12.4 Å². The maximum atomic E-state index is 5.56. The molecule has 5 nitrogen and oxygen atoms in total. The molecule has 0 spiro atoms. The first-order valence-electron chi connectivity index (χ1n) is 5.86. The Bertz CT molecular complexity index is 486. The second-order valence-electron chi connectivity index (χ2n) is 3.90. The van der Waals surface area contributed by atoms with Gasteiger partial charge in [0, 0.05) is 19.0 Å². The predicted molar refractivity (Wildman–Crippen MR) is 66.5 cm³/mol. The largest absolute Gasteiger partial charge is 0.384 e. The topological polar surface area (TPSA) is 69.6 Å². The molecule has 0 aliphatic rings. The number of anilines is 1. The highest BCUT2D eigenvalue weighted by Crippen LogP contribution is 2.07. The molecule has 0 amide bonds. The van der Waals surface area contributed by atoms with Crippen LogP contribution in [-0.4, -0.2) is 19.7 Å². The summed E-state index contributed by atoms with van der Waals surface area (Å²) in [5, 5.41) is 4.46. The fourth-order valence-corrected chi connectivity index (χ4v) is 1.67. The Hall–Kier alpha value is -1.91. The van der Waals surface area contributed by atoms with Crippen molar-refractivity contribution in [3.63, 3.8) is 0 Å². The van der Waals surface area contributed by atoms with Gasteiger partial charge in [0.05, 0.1) is 6.54 Å². The molecule has 0 saturated heterocycles. The first-order chi connectivity index (χ1) is 8.22. The second-order valence-corrected chi connectivity index (χ2v) is 3.90. The molecule has 2 rings (SSSR count). The monoisotopic (exact) mass is 231 g/mol. The smallest absolute Gasteiger partial charge is 0.150 e. The molecule has 2 aromatic heterocycles. The molecular formula is C12H17N5. The Labute approximate surface area is 101 Å². The summed E-state index contributed by atoms with van der Waals surface area (Å²) in [5.41, 5.74) is 6.64. The van der Waals surface area contributed by atoms with Crippen LogP contribution in [0, 0.1) is 0 Å². The van der Waals surface area contributed by atoms with E-state index < -0.39 is 0 Å². The molecule has 0 unspecified atom stereocenters. The lowest BCUT2D eigenvalue weighted by atomic mass is 10.3. The van der Waals surface area contributed by atoms with Crippen molar-refractivity contribution < 1.29 is 0 Å². The van der Waals surface area contributed by atoms with Crippen LogP contribution < -0.4 is 5.73 Å². The van der Waals surface area contributed by atoms with Gasteiger partial charge in [-0.3, -0.25) is 0 Å². The van der Waals surface area contributed by atoms with Gasteiger partial charge in [-0.2, -0.15) is 5.10 Å². The maximum absolute atomic E-state index is 5.56. The average Bonchev–Trinajstić information content (AvgIpc) is 2.74. The zero-order valence-corrected chi connectivity index (χ0v) is 10.2. The minimum absolute atomic E-state index is 0.539. The lowest BCUT2D eigenvalue weighted by Gasteiger charge is -2.04. The molecule has 0 bridgehead atoms. The summed E-state index contributed by atoms with van der Waals surface area (Å²) in [6.07, 6.45) is 3.53. The third kappa shape index (κ3) is 2.61. The van der Waals surface area contributed by atoms with Gasteiger partial charge in [-0.25, -0.2) is 14.6 Å². The fourth-order valence-electron chi connectivity index (χ4n) is 1.67. The Morgan fingerprint density at radius 3 is 2.65 bits per heavy atom. The number of hydrogen-bond acceptors (Lipinski definition) is 4. The number of nitrogens with two attached hydrogens (primary N) is 1. The van der Waals surface area contributed by atoms with Gasteiger partial charge in [0.15, 0.2) is 5.82 Å². The number of aryl methyl sites for hydroxylation is 2. The molecule has 90 valence electrons. The molecule has 0 atom stereocenters. The van der Waals surface area contributed by atoms with E-state index in [4.69, 9.17) is 5.73 Å². The molecule has 0 fully saturated rings. The van der Waals surface area contributed by atoms with Crippen LogP contribution in [0.4, 0.5) is 5.82 Å². The molecular weight excluding hydrogens is 214 g/mol. The second kappa shape index (κ2) is 4.95. The van der Waals surface area contributed by atoms with Crippen LogP contribution in [0.1, 0.15) is 31.1 Å². The highest BCUT2D eigenvalue weighted by molar-refractivity contribution is 5.29. The number of hydrogen-bond donors (Lipinski definition) is 1. The van der Waals surface area contributed by atoms with E-state index in [1.807, 2.05) is 10.7 Å². The van der Waals surface area contributed by atoms with Crippen molar-refractivity contribution in [3.05, 3.63) is 35.5 Å². The summed E-state index contributed by atoms with van der Waals surface area (Å²) in [6.45, 7) is 4.84. The van der Waals surface area contributed by atoms with Crippen molar-refractivity contribution in [2.75, 3.05) is 5.73 Å². The molecule has 2 heterocycles. The highest BCUT2D eigenvalue weighted by atomic mass is 15.3. The van der Waals surface area contributed by atoms with Crippen LogP contribution in [0.15, 0.2) is 18.3 Å². The molecule has 17 heavy (non-hydrogen) atoms. The van der Waals surface area contributed by atoms with Crippen LogP contribution >= 0.6 is 0 Å². The molecule has 0 saturated carbocycles. The van der Waals surface area contributed by atoms with E-state index in [1.54, 1.807) is 12.3 Å². The van der Waals surface area contributed by atoms with Gasteiger partial charge in [-0.05, 0) is 11.6 Å². The van der Waals surface area contributed by atoms with Crippen LogP contribution in [0.5, 0.6) is 0 Å². The number of rotatable bonds is 4. The van der Waals surface area contributed by atoms with Gasteiger partial charge in [0.1, 0.15) is 11.6 Å². The lowest BCUT2D eigenvalue weighted by molar-refractivity contribution is 0.636. The van der Waals surface area contributed by atoms with Crippen molar-refractivity contribution in [1.29, 1.82) is 0 Å². The summed E-state index contributed by atoms with van der Waals surface area (Å²) in [6, 6.07) is 3.77. The molecule has 5 heteroatoms. The Balaban J connectivity index is 2.22. The normalized spacial score (nSPS) is 10.7. The van der Waals surface area contributed by atoms with Gasteiger partial charge in [-0.15, -0.1) is 0 Å². The van der Waals surface area contributed by atoms with Crippen LogP contribution in [-0.2, 0) is 19.4 Å². The summed E-state index contributed by atoms with van der Waals surface area (Å²) >= 11 is 0. The molecule has 0 aliphatic heterocycles. The zero-order valence-electron chi connectivity index (χ0n) is 10.2. The van der Waals surface area contributed by atoms with Crippen LogP contribution in [0.3, 0.4) is 0 Å². The van der Waals surface area contributed by atoms with Gasteiger partial charge in [0.25, 0.3) is 0 Å². The Morgan fingerprint density at radius 2 is 2.06 bits per heavy atom. The highest BCUT2D eigenvalue weighted by Gasteiger charge is 2.07. The first kappa shape index (κ1) is 11.6. The summed E-state index contributed by atoms with van der Waals surface area (Å²) < 4.78 is 1.94. The van der Waals surface area contributed by atoms with Crippen LogP contribution in [0.25, 0.3) is 0 Å². The maximum Gasteiger partial charge on any atom is 0.150 e. The van der Waals surface area contributed by atoms with Crippen molar-refractivity contribution in [2.24, 2.45) is 0 Å². The third-order valence-corrected chi connectivity index (χ3v) is 2.60. The Morgan fingerprint density at radius 1 is 1.24 bits per heavy atom. The van der Waals surface area contributed by atoms with Crippen molar-refractivity contribution in [3.8, 4) is 0 Å². The van der Waals surface area contributed by atoms with E-state index in [9.17, 15) is 0 Å². The van der Waals surface area contributed by atoms with E-state index in [1.165, 1.54) is 0 Å². The quantitative estimate of drug-likeness (QED) is 0.864. The van der Waals surface area contributed by atoms with E-state index in [2.05, 4.69) is 28.9 Å². The minimum atomic E-state index is 0.539. The summed E-state index contributed by atoms with van der Waals surface area (Å²) in [5.74, 6) is 2.45. The lowest BCUT2D eigenvalue weighted by Crippen LogP contribution is -2.07. The molecule has 2 N–H and O–H groups in total. The Kier molecular flexibility index (Phi) is 3.37. The van der Waals surface area contributed by atoms with Crippen molar-refractivity contribution in [2.45, 2.75) is 33.2 Å². The fraction of sp³-hybridized carbons (Fsp3) is 0.417. The zero-order chi connectivity index (χ0) is 12.3. The number of aromatic nitrogens is 4.